The molecule has 0 aromatic heterocycles. The van der Waals surface area contributed by atoms with E-state index in [1.54, 1.807) is 0 Å². The van der Waals surface area contributed by atoms with Crippen LogP contribution in [-0.2, 0) is 28.7 Å². The Balaban J connectivity index is 0.000000308. The van der Waals surface area contributed by atoms with E-state index in [2.05, 4.69) is 5.32 Å². The Morgan fingerprint density at radius 1 is 1.00 bits per heavy atom. The molecule has 2 rings (SSSR count). The summed E-state index contributed by atoms with van der Waals surface area (Å²) in [4.78, 5) is 21.5. The number of hydrogen-bond acceptors (Lipinski definition) is 3. The largest absolute Gasteiger partial charge is 0.416 e. The van der Waals surface area contributed by atoms with Crippen molar-refractivity contribution in [3.63, 3.8) is 0 Å². The van der Waals surface area contributed by atoms with Crippen LogP contribution in [0.5, 0.6) is 0 Å². The fourth-order valence-electron chi connectivity index (χ4n) is 2.25. The zero-order chi connectivity index (χ0) is 21.9. The third kappa shape index (κ3) is 9.75. The van der Waals surface area contributed by atoms with Crippen molar-refractivity contribution in [1.29, 1.82) is 0 Å². The van der Waals surface area contributed by atoms with Gasteiger partial charge in [-0.2, -0.15) is 13.2 Å². The average Bonchev–Trinajstić information content (AvgIpc) is 2.71. The third-order valence-electron chi connectivity index (χ3n) is 4.04. The number of benzene rings is 2. The van der Waals surface area contributed by atoms with Gasteiger partial charge in [-0.15, -0.1) is 0 Å². The topological polar surface area (TPSA) is 98.2 Å². The maximum Gasteiger partial charge on any atom is 0.416 e. The van der Waals surface area contributed by atoms with E-state index in [1.165, 1.54) is 12.1 Å². The molecule has 0 radical (unpaired) electrons. The highest BCUT2D eigenvalue weighted by Crippen LogP contribution is 2.29. The number of rotatable bonds is 7. The number of halogens is 3. The Labute approximate surface area is 168 Å². The molecule has 0 fully saturated rings. The van der Waals surface area contributed by atoms with Gasteiger partial charge in [-0.3, -0.25) is 9.59 Å². The maximum absolute atomic E-state index is 12.3. The molecule has 0 bridgehead atoms. The first-order valence-electron chi connectivity index (χ1n) is 9.15. The molecule has 0 spiro atoms. The van der Waals surface area contributed by atoms with Gasteiger partial charge in [0.2, 0.25) is 11.8 Å². The molecule has 5 N–H and O–H groups in total. The van der Waals surface area contributed by atoms with Crippen LogP contribution in [0.3, 0.4) is 0 Å². The molecule has 0 saturated carbocycles. The van der Waals surface area contributed by atoms with Gasteiger partial charge in [0.25, 0.3) is 0 Å². The summed E-state index contributed by atoms with van der Waals surface area (Å²) in [5, 5.41) is 2.81. The number of nitrogens with two attached hydrogens (primary N) is 2. The Morgan fingerprint density at radius 2 is 1.59 bits per heavy atom. The lowest BCUT2D eigenvalue weighted by Gasteiger charge is -2.09. The van der Waals surface area contributed by atoms with Crippen molar-refractivity contribution in [2.45, 2.75) is 44.9 Å². The number of nitrogens with one attached hydrogen (secondary N) is 1. The summed E-state index contributed by atoms with van der Waals surface area (Å²) in [6, 6.07) is 13.9. The predicted molar refractivity (Wildman–Crippen MR) is 106 cm³/mol. The molecule has 0 aliphatic carbocycles. The molecule has 0 saturated heterocycles. The summed E-state index contributed by atoms with van der Waals surface area (Å²) in [6.07, 6.45) is -3.04. The third-order valence-corrected chi connectivity index (χ3v) is 4.04. The van der Waals surface area contributed by atoms with Crippen LogP contribution in [-0.4, -0.2) is 17.9 Å². The Hall–Kier alpha value is -2.87. The molecule has 5 nitrogen and oxygen atoms in total. The van der Waals surface area contributed by atoms with Crippen LogP contribution in [0.15, 0.2) is 54.6 Å². The Morgan fingerprint density at radius 3 is 2.07 bits per heavy atom. The average molecular weight is 409 g/mol. The van der Waals surface area contributed by atoms with E-state index < -0.39 is 23.7 Å². The number of hydrogen-bond donors (Lipinski definition) is 3. The first kappa shape index (κ1) is 24.2. The van der Waals surface area contributed by atoms with Crippen molar-refractivity contribution < 1.29 is 22.8 Å². The van der Waals surface area contributed by atoms with Gasteiger partial charge in [0.05, 0.1) is 11.6 Å². The van der Waals surface area contributed by atoms with E-state index in [4.69, 9.17) is 11.5 Å². The van der Waals surface area contributed by atoms with Crippen LogP contribution in [0.1, 0.15) is 36.5 Å². The highest BCUT2D eigenvalue weighted by Gasteiger charge is 2.29. The summed E-state index contributed by atoms with van der Waals surface area (Å²) in [7, 11) is 0. The zero-order valence-electron chi connectivity index (χ0n) is 16.2. The first-order valence-corrected chi connectivity index (χ1v) is 9.15. The van der Waals surface area contributed by atoms with Crippen molar-refractivity contribution in [3.05, 3.63) is 71.3 Å². The van der Waals surface area contributed by atoms with E-state index in [-0.39, 0.29) is 5.91 Å². The molecule has 8 heteroatoms. The van der Waals surface area contributed by atoms with Gasteiger partial charge in [0.1, 0.15) is 0 Å². The standard InChI is InChI=1S/C11H13F3N2O.C10H13NO/c12-11(13,14)8-4-1-7(2-5-8)3-6-9(15)10(16)17;1-2-10(12)11-8-9-6-4-3-5-7-9/h1-2,4-5,9H,3,6,15H2,(H2,16,17);3-7H,2,8H2,1H3,(H,11,12)/t9-;/m1./s1. The van der Waals surface area contributed by atoms with E-state index in [0.717, 1.165) is 17.7 Å². The number of primary amides is 1. The molecular formula is C21H26F3N3O2. The number of carbonyl (C=O) groups excluding carboxylic acids is 2. The summed E-state index contributed by atoms with van der Waals surface area (Å²) >= 11 is 0. The minimum absolute atomic E-state index is 0.0962. The highest BCUT2D eigenvalue weighted by molar-refractivity contribution is 5.79. The van der Waals surface area contributed by atoms with E-state index >= 15 is 0 Å². The molecule has 158 valence electrons. The van der Waals surface area contributed by atoms with Crippen LogP contribution in [0.2, 0.25) is 0 Å². The minimum Gasteiger partial charge on any atom is -0.368 e. The van der Waals surface area contributed by atoms with Crippen LogP contribution >= 0.6 is 0 Å². The van der Waals surface area contributed by atoms with E-state index in [0.29, 0.717) is 31.4 Å². The SMILES string of the molecule is CCC(=O)NCc1ccccc1.NC(=O)[C@H](N)CCc1ccc(C(F)(F)F)cc1. The van der Waals surface area contributed by atoms with Crippen LogP contribution < -0.4 is 16.8 Å². The molecule has 29 heavy (non-hydrogen) atoms. The van der Waals surface area contributed by atoms with Crippen LogP contribution in [0, 0.1) is 0 Å². The Kier molecular flexibility index (Phi) is 9.88. The van der Waals surface area contributed by atoms with E-state index in [1.807, 2.05) is 37.3 Å². The maximum atomic E-state index is 12.3. The Bertz CT molecular complexity index is 763. The van der Waals surface area contributed by atoms with Gasteiger partial charge in [-0.25, -0.2) is 0 Å². The lowest BCUT2D eigenvalue weighted by molar-refractivity contribution is -0.137. The molecule has 2 aromatic rings. The van der Waals surface area contributed by atoms with E-state index in [9.17, 15) is 22.8 Å². The summed E-state index contributed by atoms with van der Waals surface area (Å²) in [5.74, 6) is -0.518. The van der Waals surface area contributed by atoms with Gasteiger partial charge in [0, 0.05) is 13.0 Å². The van der Waals surface area contributed by atoms with Gasteiger partial charge in [-0.1, -0.05) is 49.4 Å². The fraction of sp³-hybridized carbons (Fsp3) is 0.333. The minimum atomic E-state index is -4.33. The highest BCUT2D eigenvalue weighted by atomic mass is 19.4. The number of amides is 2. The summed E-state index contributed by atoms with van der Waals surface area (Å²) in [6.45, 7) is 2.48. The van der Waals surface area contributed by atoms with Gasteiger partial charge in [-0.05, 0) is 36.1 Å². The smallest absolute Gasteiger partial charge is 0.368 e. The summed E-state index contributed by atoms with van der Waals surface area (Å²) in [5.41, 5.74) is 11.5. The van der Waals surface area contributed by atoms with Crippen LogP contribution in [0.25, 0.3) is 0 Å². The van der Waals surface area contributed by atoms with Crippen molar-refractivity contribution in [3.8, 4) is 0 Å². The molecule has 2 amide bonds. The molecular weight excluding hydrogens is 383 g/mol. The van der Waals surface area contributed by atoms with Crippen molar-refractivity contribution in [2.75, 3.05) is 0 Å². The lowest BCUT2D eigenvalue weighted by Crippen LogP contribution is -2.36. The lowest BCUT2D eigenvalue weighted by atomic mass is 10.0. The monoisotopic (exact) mass is 409 g/mol. The number of alkyl halides is 3. The molecule has 0 heterocycles. The fourth-order valence-corrected chi connectivity index (χ4v) is 2.25. The zero-order valence-corrected chi connectivity index (χ0v) is 16.2. The number of carbonyl (C=O) groups is 2. The second-order valence-corrected chi connectivity index (χ2v) is 6.36. The quantitative estimate of drug-likeness (QED) is 0.655. The molecule has 1 atom stereocenters. The van der Waals surface area contributed by atoms with Crippen LogP contribution in [0.4, 0.5) is 13.2 Å². The molecule has 0 aliphatic heterocycles. The molecule has 0 unspecified atom stereocenters. The van der Waals surface area contributed by atoms with Gasteiger partial charge in [0.15, 0.2) is 0 Å². The van der Waals surface area contributed by atoms with Gasteiger partial charge < -0.3 is 16.8 Å². The van der Waals surface area contributed by atoms with Crippen molar-refractivity contribution >= 4 is 11.8 Å². The van der Waals surface area contributed by atoms with Gasteiger partial charge >= 0.3 is 6.18 Å². The summed E-state index contributed by atoms with van der Waals surface area (Å²) < 4.78 is 36.8. The van der Waals surface area contributed by atoms with Crippen molar-refractivity contribution in [1.82, 2.24) is 5.32 Å². The second kappa shape index (κ2) is 11.9. The van der Waals surface area contributed by atoms with Crippen molar-refractivity contribution in [2.24, 2.45) is 11.5 Å². The number of aryl methyl sites for hydroxylation is 1. The molecule has 0 aliphatic rings. The second-order valence-electron chi connectivity index (χ2n) is 6.36. The molecule has 2 aromatic carbocycles. The first-order chi connectivity index (χ1) is 13.6. The predicted octanol–water partition coefficient (Wildman–Crippen LogP) is 3.16. The normalized spacial score (nSPS) is 11.8.